The zero-order valence-electron chi connectivity index (χ0n) is 11.8. The van der Waals surface area contributed by atoms with Crippen molar-refractivity contribution < 1.29 is 10.3 Å². The quantitative estimate of drug-likeness (QED) is 0.298. The Labute approximate surface area is 116 Å². The number of phenolic OH excluding ortho intramolecular Hbond substituents is 1. The van der Waals surface area contributed by atoms with Crippen LogP contribution in [0.4, 0.5) is 0 Å². The van der Waals surface area contributed by atoms with Crippen LogP contribution in [-0.2, 0) is 6.42 Å². The highest BCUT2D eigenvalue weighted by Gasteiger charge is 2.01. The number of aryl methyl sites for hydroxylation is 1. The van der Waals surface area contributed by atoms with Gasteiger partial charge in [0.15, 0.2) is 0 Å². The second-order valence-electron chi connectivity index (χ2n) is 5.01. The van der Waals surface area contributed by atoms with Crippen LogP contribution >= 0.6 is 0 Å². The SMILES string of the molecule is CCCCCCCCCc1ccc(O)c(/C=N/O)c1. The molecule has 1 aromatic rings. The molecule has 19 heavy (non-hydrogen) atoms. The van der Waals surface area contributed by atoms with E-state index in [1.807, 2.05) is 12.1 Å². The van der Waals surface area contributed by atoms with Crippen LogP contribution in [0.25, 0.3) is 0 Å². The second-order valence-corrected chi connectivity index (χ2v) is 5.01. The van der Waals surface area contributed by atoms with Crippen molar-refractivity contribution in [3.05, 3.63) is 29.3 Å². The fraction of sp³-hybridized carbons (Fsp3) is 0.562. The van der Waals surface area contributed by atoms with Crippen molar-refractivity contribution in [1.82, 2.24) is 0 Å². The monoisotopic (exact) mass is 263 g/mol. The van der Waals surface area contributed by atoms with Crippen LogP contribution in [0.15, 0.2) is 23.4 Å². The number of nitrogens with zero attached hydrogens (tertiary/aromatic N) is 1. The maximum Gasteiger partial charge on any atom is 0.124 e. The summed E-state index contributed by atoms with van der Waals surface area (Å²) in [6.07, 6.45) is 11.4. The lowest BCUT2D eigenvalue weighted by molar-refractivity contribution is 0.321. The van der Waals surface area contributed by atoms with E-state index in [0.29, 0.717) is 5.56 Å². The number of hydrogen-bond acceptors (Lipinski definition) is 3. The van der Waals surface area contributed by atoms with E-state index in [0.717, 1.165) is 6.42 Å². The highest BCUT2D eigenvalue weighted by atomic mass is 16.4. The van der Waals surface area contributed by atoms with Crippen LogP contribution in [0.5, 0.6) is 5.75 Å². The third-order valence-electron chi connectivity index (χ3n) is 3.36. The van der Waals surface area contributed by atoms with Gasteiger partial charge in [-0.3, -0.25) is 0 Å². The predicted molar refractivity (Wildman–Crippen MR) is 79.2 cm³/mol. The van der Waals surface area contributed by atoms with Gasteiger partial charge in [-0.15, -0.1) is 0 Å². The van der Waals surface area contributed by atoms with Crippen molar-refractivity contribution >= 4 is 6.21 Å². The van der Waals surface area contributed by atoms with E-state index in [9.17, 15) is 5.11 Å². The molecule has 0 fully saturated rings. The lowest BCUT2D eigenvalue weighted by Gasteiger charge is -2.05. The molecule has 1 rings (SSSR count). The number of benzene rings is 1. The maximum atomic E-state index is 9.56. The first-order chi connectivity index (χ1) is 9.27. The number of rotatable bonds is 9. The van der Waals surface area contributed by atoms with Crippen molar-refractivity contribution in [3.63, 3.8) is 0 Å². The molecule has 0 radical (unpaired) electrons. The highest BCUT2D eigenvalue weighted by Crippen LogP contribution is 2.18. The Kier molecular flexibility index (Phi) is 7.71. The summed E-state index contributed by atoms with van der Waals surface area (Å²) in [5.41, 5.74) is 1.75. The first-order valence-corrected chi connectivity index (χ1v) is 7.27. The molecule has 0 bridgehead atoms. The van der Waals surface area contributed by atoms with Crippen LogP contribution in [-0.4, -0.2) is 16.5 Å². The number of oxime groups is 1. The van der Waals surface area contributed by atoms with Crippen molar-refractivity contribution in [2.45, 2.75) is 58.3 Å². The minimum absolute atomic E-state index is 0.154. The Morgan fingerprint density at radius 1 is 1.05 bits per heavy atom. The lowest BCUT2D eigenvalue weighted by Crippen LogP contribution is -1.90. The van der Waals surface area contributed by atoms with E-state index >= 15 is 0 Å². The van der Waals surface area contributed by atoms with Gasteiger partial charge in [0.05, 0.1) is 6.21 Å². The summed E-state index contributed by atoms with van der Waals surface area (Å²) in [4.78, 5) is 0. The van der Waals surface area contributed by atoms with E-state index in [1.165, 1.54) is 56.7 Å². The van der Waals surface area contributed by atoms with E-state index in [2.05, 4.69) is 12.1 Å². The van der Waals surface area contributed by atoms with Gasteiger partial charge < -0.3 is 10.3 Å². The fourth-order valence-electron chi connectivity index (χ4n) is 2.21. The van der Waals surface area contributed by atoms with Gasteiger partial charge in [-0.1, -0.05) is 56.7 Å². The molecule has 0 saturated heterocycles. The van der Waals surface area contributed by atoms with Crippen LogP contribution in [0.3, 0.4) is 0 Å². The van der Waals surface area contributed by atoms with Gasteiger partial charge in [-0.05, 0) is 30.5 Å². The Bertz CT molecular complexity index is 388. The molecule has 2 N–H and O–H groups in total. The molecule has 0 spiro atoms. The van der Waals surface area contributed by atoms with Crippen molar-refractivity contribution in [1.29, 1.82) is 0 Å². The van der Waals surface area contributed by atoms with Crippen molar-refractivity contribution in [3.8, 4) is 5.75 Å². The standard InChI is InChI=1S/C16H25NO2/c1-2-3-4-5-6-7-8-9-14-10-11-16(18)15(12-14)13-17-19/h10-13,18-19H,2-9H2,1H3/b17-13+. The smallest absolute Gasteiger partial charge is 0.124 e. The average Bonchev–Trinajstić information content (AvgIpc) is 2.41. The molecule has 1 aromatic carbocycles. The minimum atomic E-state index is 0.154. The van der Waals surface area contributed by atoms with Crippen LogP contribution in [0, 0.1) is 0 Å². The van der Waals surface area contributed by atoms with E-state index in [1.54, 1.807) is 6.07 Å². The Hall–Kier alpha value is -1.51. The summed E-state index contributed by atoms with van der Waals surface area (Å²) in [7, 11) is 0. The highest BCUT2D eigenvalue weighted by molar-refractivity contribution is 5.83. The van der Waals surface area contributed by atoms with Gasteiger partial charge in [0.25, 0.3) is 0 Å². The average molecular weight is 263 g/mol. The first-order valence-electron chi connectivity index (χ1n) is 7.27. The summed E-state index contributed by atoms with van der Waals surface area (Å²) in [6.45, 7) is 2.23. The summed E-state index contributed by atoms with van der Waals surface area (Å²) in [6, 6.07) is 5.47. The Morgan fingerprint density at radius 3 is 2.42 bits per heavy atom. The molecule has 0 aliphatic carbocycles. The molecule has 0 aliphatic heterocycles. The third-order valence-corrected chi connectivity index (χ3v) is 3.36. The molecule has 0 atom stereocenters. The van der Waals surface area contributed by atoms with Crippen LogP contribution in [0.1, 0.15) is 63.0 Å². The Morgan fingerprint density at radius 2 is 1.74 bits per heavy atom. The summed E-state index contributed by atoms with van der Waals surface area (Å²) >= 11 is 0. The second kappa shape index (κ2) is 9.42. The molecule has 0 aliphatic rings. The molecule has 3 heteroatoms. The van der Waals surface area contributed by atoms with E-state index in [4.69, 9.17) is 5.21 Å². The number of phenols is 1. The normalized spacial score (nSPS) is 11.2. The van der Waals surface area contributed by atoms with Gasteiger partial charge >= 0.3 is 0 Å². The zero-order chi connectivity index (χ0) is 13.9. The van der Waals surface area contributed by atoms with Gasteiger partial charge in [-0.2, -0.15) is 0 Å². The number of hydrogen-bond donors (Lipinski definition) is 2. The summed E-state index contributed by atoms with van der Waals surface area (Å²) in [5.74, 6) is 0.154. The molecular formula is C16H25NO2. The van der Waals surface area contributed by atoms with E-state index < -0.39 is 0 Å². The molecule has 3 nitrogen and oxygen atoms in total. The Balaban J connectivity index is 2.27. The van der Waals surface area contributed by atoms with Crippen LogP contribution < -0.4 is 0 Å². The molecule has 106 valence electrons. The first kappa shape index (κ1) is 15.5. The zero-order valence-corrected chi connectivity index (χ0v) is 11.8. The largest absolute Gasteiger partial charge is 0.507 e. The van der Waals surface area contributed by atoms with Crippen molar-refractivity contribution in [2.24, 2.45) is 5.16 Å². The molecule has 0 amide bonds. The van der Waals surface area contributed by atoms with Crippen molar-refractivity contribution in [2.75, 3.05) is 0 Å². The summed E-state index contributed by atoms with van der Waals surface area (Å²) < 4.78 is 0. The van der Waals surface area contributed by atoms with E-state index in [-0.39, 0.29) is 5.75 Å². The lowest BCUT2D eigenvalue weighted by atomic mass is 10.0. The number of aromatic hydroxyl groups is 1. The van der Waals surface area contributed by atoms with Gasteiger partial charge in [0.1, 0.15) is 5.75 Å². The third kappa shape index (κ3) is 6.27. The topological polar surface area (TPSA) is 52.8 Å². The molecule has 0 heterocycles. The van der Waals surface area contributed by atoms with Gasteiger partial charge in [0.2, 0.25) is 0 Å². The van der Waals surface area contributed by atoms with Crippen LogP contribution in [0.2, 0.25) is 0 Å². The summed E-state index contributed by atoms with van der Waals surface area (Å²) in [5, 5.41) is 21.0. The molecule has 0 unspecified atom stereocenters. The molecular weight excluding hydrogens is 238 g/mol. The minimum Gasteiger partial charge on any atom is -0.507 e. The van der Waals surface area contributed by atoms with Gasteiger partial charge in [0, 0.05) is 5.56 Å². The molecule has 0 aromatic heterocycles. The number of unbranched alkanes of at least 4 members (excludes halogenated alkanes) is 6. The predicted octanol–water partition coefficient (Wildman–Crippen LogP) is 4.49. The fourth-order valence-corrected chi connectivity index (χ4v) is 2.21. The maximum absolute atomic E-state index is 9.56. The molecule has 0 saturated carbocycles. The van der Waals surface area contributed by atoms with Gasteiger partial charge in [-0.25, -0.2) is 0 Å².